The Morgan fingerprint density at radius 3 is 3.04 bits per heavy atom. The van der Waals surface area contributed by atoms with Crippen LogP contribution in [0.2, 0.25) is 5.02 Å². The summed E-state index contributed by atoms with van der Waals surface area (Å²) in [5, 5.41) is 7.84. The maximum atomic E-state index is 12.4. The van der Waals surface area contributed by atoms with Gasteiger partial charge in [0.25, 0.3) is 5.91 Å². The number of amides is 1. The Labute approximate surface area is 143 Å². The summed E-state index contributed by atoms with van der Waals surface area (Å²) in [6.07, 6.45) is 4.98. The molecule has 2 aliphatic rings. The lowest BCUT2D eigenvalue weighted by atomic mass is 9.95. The molecule has 4 heterocycles. The van der Waals surface area contributed by atoms with Gasteiger partial charge in [-0.1, -0.05) is 22.9 Å². The molecule has 0 saturated carbocycles. The number of aromatic nitrogens is 1. The van der Waals surface area contributed by atoms with Crippen LogP contribution in [-0.4, -0.2) is 29.0 Å². The summed E-state index contributed by atoms with van der Waals surface area (Å²) in [4.78, 5) is 17.1. The number of thiophene rings is 1. The van der Waals surface area contributed by atoms with Crippen molar-refractivity contribution in [3.8, 4) is 10.9 Å². The third-order valence-corrected chi connectivity index (χ3v) is 5.52. The van der Waals surface area contributed by atoms with E-state index in [2.05, 4.69) is 15.6 Å². The van der Waals surface area contributed by atoms with Gasteiger partial charge in [0.15, 0.2) is 5.06 Å². The molecule has 2 N–H and O–H groups in total. The molecule has 120 valence electrons. The van der Waals surface area contributed by atoms with Gasteiger partial charge in [0.05, 0.1) is 4.88 Å². The van der Waals surface area contributed by atoms with Crippen LogP contribution in [-0.2, 0) is 0 Å². The maximum Gasteiger partial charge on any atom is 0.261 e. The molecular weight excluding hydrogens is 334 g/mol. The fourth-order valence-corrected chi connectivity index (χ4v) is 4.18. The largest absolute Gasteiger partial charge is 0.428 e. The van der Waals surface area contributed by atoms with E-state index in [1.807, 2.05) is 0 Å². The molecule has 1 amide bonds. The summed E-state index contributed by atoms with van der Waals surface area (Å²) >= 11 is 7.21. The number of fused-ring (bicyclic) bond motifs is 2. The Kier molecular flexibility index (Phi) is 3.97. The molecule has 2 saturated heterocycles. The molecular formula is C16H16ClN3O2S. The number of halogens is 1. The van der Waals surface area contributed by atoms with Crippen molar-refractivity contribution in [2.75, 3.05) is 0 Å². The number of pyridine rings is 1. The second-order valence-electron chi connectivity index (χ2n) is 5.90. The number of hydrogen-bond donors (Lipinski definition) is 2. The average Bonchev–Trinajstić information content (AvgIpc) is 3.23. The van der Waals surface area contributed by atoms with Gasteiger partial charge in [-0.3, -0.25) is 4.79 Å². The zero-order valence-electron chi connectivity index (χ0n) is 12.3. The summed E-state index contributed by atoms with van der Waals surface area (Å²) in [7, 11) is 0. The van der Waals surface area contributed by atoms with Crippen molar-refractivity contribution in [3.63, 3.8) is 0 Å². The van der Waals surface area contributed by atoms with E-state index < -0.39 is 0 Å². The summed E-state index contributed by atoms with van der Waals surface area (Å²) in [6.45, 7) is 0. The van der Waals surface area contributed by atoms with E-state index in [4.69, 9.17) is 16.3 Å². The van der Waals surface area contributed by atoms with Crippen molar-refractivity contribution in [1.29, 1.82) is 0 Å². The molecule has 5 nitrogen and oxygen atoms in total. The van der Waals surface area contributed by atoms with Gasteiger partial charge in [-0.15, -0.1) is 0 Å². The van der Waals surface area contributed by atoms with Crippen LogP contribution >= 0.6 is 22.9 Å². The number of rotatable bonds is 4. The van der Waals surface area contributed by atoms with Gasteiger partial charge in [-0.05, 0) is 37.5 Å². The molecule has 2 aromatic rings. The SMILES string of the molecule is O=C(NC1CC2CCC1N2)c1ccc(Oc2cc(Cl)ccn2)s1. The van der Waals surface area contributed by atoms with E-state index in [9.17, 15) is 4.79 Å². The molecule has 2 aliphatic heterocycles. The Morgan fingerprint density at radius 1 is 1.39 bits per heavy atom. The molecule has 0 aromatic carbocycles. The van der Waals surface area contributed by atoms with Gasteiger partial charge in [0, 0.05) is 35.4 Å². The van der Waals surface area contributed by atoms with E-state index in [-0.39, 0.29) is 11.9 Å². The standard InChI is InChI=1S/C16H16ClN3O2S/c17-9-5-6-18-14(7-9)22-15-4-3-13(23-15)16(21)20-12-8-10-1-2-11(12)19-10/h3-7,10-12,19H,1-2,8H2,(H,20,21). The zero-order valence-corrected chi connectivity index (χ0v) is 13.9. The first-order valence-electron chi connectivity index (χ1n) is 7.63. The van der Waals surface area contributed by atoms with Gasteiger partial charge < -0.3 is 15.4 Å². The second kappa shape index (κ2) is 6.11. The smallest absolute Gasteiger partial charge is 0.261 e. The fraction of sp³-hybridized carbons (Fsp3) is 0.375. The number of nitrogens with zero attached hydrogens (tertiary/aromatic N) is 1. The highest BCUT2D eigenvalue weighted by Gasteiger charge is 2.39. The highest BCUT2D eigenvalue weighted by molar-refractivity contribution is 7.15. The highest BCUT2D eigenvalue weighted by Crippen LogP contribution is 2.31. The van der Waals surface area contributed by atoms with Gasteiger partial charge in [0.1, 0.15) is 0 Å². The Balaban J connectivity index is 1.40. The van der Waals surface area contributed by atoms with E-state index >= 15 is 0 Å². The molecule has 4 rings (SSSR count). The quantitative estimate of drug-likeness (QED) is 0.889. The number of nitrogens with one attached hydrogen (secondary N) is 2. The molecule has 2 fully saturated rings. The van der Waals surface area contributed by atoms with E-state index in [0.717, 1.165) is 12.8 Å². The van der Waals surface area contributed by atoms with Crippen LogP contribution in [0.3, 0.4) is 0 Å². The average molecular weight is 350 g/mol. The molecule has 2 bridgehead atoms. The van der Waals surface area contributed by atoms with Crippen LogP contribution in [0.1, 0.15) is 28.9 Å². The van der Waals surface area contributed by atoms with Crippen molar-refractivity contribution >= 4 is 28.8 Å². The molecule has 0 spiro atoms. The van der Waals surface area contributed by atoms with Crippen LogP contribution in [0.15, 0.2) is 30.5 Å². The number of hydrogen-bond acceptors (Lipinski definition) is 5. The maximum absolute atomic E-state index is 12.4. The van der Waals surface area contributed by atoms with Crippen LogP contribution in [0, 0.1) is 0 Å². The summed E-state index contributed by atoms with van der Waals surface area (Å²) in [5.74, 6) is 0.381. The lowest BCUT2D eigenvalue weighted by molar-refractivity contribution is 0.0935. The molecule has 2 aromatic heterocycles. The van der Waals surface area contributed by atoms with Crippen molar-refractivity contribution < 1.29 is 9.53 Å². The van der Waals surface area contributed by atoms with Crippen LogP contribution in [0.25, 0.3) is 0 Å². The van der Waals surface area contributed by atoms with Gasteiger partial charge in [-0.25, -0.2) is 4.98 Å². The molecule has 0 aliphatic carbocycles. The minimum absolute atomic E-state index is 0.0387. The van der Waals surface area contributed by atoms with Crippen LogP contribution in [0.4, 0.5) is 0 Å². The zero-order chi connectivity index (χ0) is 15.8. The Morgan fingerprint density at radius 2 is 2.30 bits per heavy atom. The fourth-order valence-electron chi connectivity index (χ4n) is 3.26. The van der Waals surface area contributed by atoms with E-state index in [1.54, 1.807) is 30.5 Å². The second-order valence-corrected chi connectivity index (χ2v) is 7.38. The Hall–Kier alpha value is -1.63. The minimum atomic E-state index is -0.0387. The topological polar surface area (TPSA) is 63.2 Å². The van der Waals surface area contributed by atoms with Crippen molar-refractivity contribution in [3.05, 3.63) is 40.4 Å². The lowest BCUT2D eigenvalue weighted by Gasteiger charge is -2.20. The van der Waals surface area contributed by atoms with Crippen molar-refractivity contribution in [2.45, 2.75) is 37.4 Å². The van der Waals surface area contributed by atoms with Gasteiger partial charge in [-0.2, -0.15) is 0 Å². The molecule has 0 radical (unpaired) electrons. The van der Waals surface area contributed by atoms with Gasteiger partial charge in [0.2, 0.25) is 5.88 Å². The van der Waals surface area contributed by atoms with Crippen LogP contribution in [0.5, 0.6) is 10.9 Å². The monoisotopic (exact) mass is 349 g/mol. The third-order valence-electron chi connectivity index (χ3n) is 4.32. The normalized spacial score (nSPS) is 25.5. The number of carbonyl (C=O) groups excluding carboxylic acids is 1. The summed E-state index contributed by atoms with van der Waals surface area (Å²) < 4.78 is 5.64. The van der Waals surface area contributed by atoms with Crippen molar-refractivity contribution in [2.24, 2.45) is 0 Å². The minimum Gasteiger partial charge on any atom is -0.428 e. The predicted molar refractivity (Wildman–Crippen MR) is 89.5 cm³/mol. The molecule has 3 unspecified atom stereocenters. The summed E-state index contributed by atoms with van der Waals surface area (Å²) in [5.41, 5.74) is 0. The predicted octanol–water partition coefficient (Wildman–Crippen LogP) is 3.21. The summed E-state index contributed by atoms with van der Waals surface area (Å²) in [6, 6.07) is 8.12. The van der Waals surface area contributed by atoms with Crippen molar-refractivity contribution in [1.82, 2.24) is 15.6 Å². The van der Waals surface area contributed by atoms with E-state index in [0.29, 0.717) is 32.9 Å². The van der Waals surface area contributed by atoms with Crippen LogP contribution < -0.4 is 15.4 Å². The lowest BCUT2D eigenvalue weighted by Crippen LogP contribution is -2.42. The molecule has 3 atom stereocenters. The first-order chi connectivity index (χ1) is 11.2. The van der Waals surface area contributed by atoms with Gasteiger partial charge >= 0.3 is 0 Å². The molecule has 7 heteroatoms. The first-order valence-corrected chi connectivity index (χ1v) is 8.83. The Bertz CT molecular complexity index is 736. The number of ether oxygens (including phenoxy) is 1. The first kappa shape index (κ1) is 14.9. The van der Waals surface area contributed by atoms with E-state index in [1.165, 1.54) is 17.8 Å². The highest BCUT2D eigenvalue weighted by atomic mass is 35.5. The number of carbonyl (C=O) groups is 1. The molecule has 23 heavy (non-hydrogen) atoms. The third kappa shape index (κ3) is 3.20.